The summed E-state index contributed by atoms with van der Waals surface area (Å²) in [6.07, 6.45) is 0.270. The highest BCUT2D eigenvalue weighted by molar-refractivity contribution is 6.19. The Labute approximate surface area is 98.0 Å². The van der Waals surface area contributed by atoms with Gasteiger partial charge in [-0.15, -0.1) is 11.6 Å². The summed E-state index contributed by atoms with van der Waals surface area (Å²) >= 11 is 5.48. The molecule has 0 saturated heterocycles. The summed E-state index contributed by atoms with van der Waals surface area (Å²) in [4.78, 5) is 22.8. The first-order valence-corrected chi connectivity index (χ1v) is 5.51. The van der Waals surface area contributed by atoms with Crippen LogP contribution in [0.2, 0.25) is 0 Å². The van der Waals surface area contributed by atoms with Gasteiger partial charge < -0.3 is 10.6 Å². The quantitative estimate of drug-likeness (QED) is 0.784. The van der Waals surface area contributed by atoms with Gasteiger partial charge in [0.1, 0.15) is 0 Å². The third kappa shape index (κ3) is 2.02. The topological polar surface area (TPSA) is 58.2 Å². The normalized spacial score (nSPS) is 13.2. The summed E-state index contributed by atoms with van der Waals surface area (Å²) in [5.74, 6) is 0.0593. The summed E-state index contributed by atoms with van der Waals surface area (Å²) in [5.41, 5.74) is 2.16. The lowest BCUT2D eigenvalue weighted by Gasteiger charge is -2.07. The Kier molecular flexibility index (Phi) is 3.10. The molecule has 1 aromatic carbocycles. The van der Waals surface area contributed by atoms with Crippen molar-refractivity contribution in [3.63, 3.8) is 0 Å². The first-order chi connectivity index (χ1) is 7.72. The predicted molar refractivity (Wildman–Crippen MR) is 61.6 cm³/mol. The van der Waals surface area contributed by atoms with E-state index in [0.717, 1.165) is 5.56 Å². The van der Waals surface area contributed by atoms with Gasteiger partial charge in [0.2, 0.25) is 5.91 Å². The highest BCUT2D eigenvalue weighted by atomic mass is 35.5. The van der Waals surface area contributed by atoms with E-state index in [9.17, 15) is 9.59 Å². The van der Waals surface area contributed by atoms with E-state index in [2.05, 4.69) is 10.6 Å². The molecule has 0 aromatic heterocycles. The molecule has 1 aliphatic heterocycles. The number of benzene rings is 1. The van der Waals surface area contributed by atoms with Gasteiger partial charge in [-0.2, -0.15) is 0 Å². The molecule has 0 aliphatic carbocycles. The van der Waals surface area contributed by atoms with E-state index in [4.69, 9.17) is 11.6 Å². The van der Waals surface area contributed by atoms with Crippen molar-refractivity contribution in [1.29, 1.82) is 0 Å². The third-order valence-electron chi connectivity index (χ3n) is 2.44. The van der Waals surface area contributed by atoms with Crippen LogP contribution >= 0.6 is 11.6 Å². The number of nitrogens with one attached hydrogen (secondary N) is 2. The molecule has 0 bridgehead atoms. The van der Waals surface area contributed by atoms with Gasteiger partial charge in [-0.25, -0.2) is 0 Å². The molecule has 16 heavy (non-hydrogen) atoms. The van der Waals surface area contributed by atoms with Crippen LogP contribution in [0.15, 0.2) is 18.2 Å². The van der Waals surface area contributed by atoms with Gasteiger partial charge in [0, 0.05) is 35.7 Å². The zero-order chi connectivity index (χ0) is 11.5. The minimum Gasteiger partial charge on any atom is -0.348 e. The lowest BCUT2D eigenvalue weighted by atomic mass is 10.1. The van der Waals surface area contributed by atoms with Gasteiger partial charge >= 0.3 is 0 Å². The summed E-state index contributed by atoms with van der Waals surface area (Å²) in [6.45, 7) is 0.464. The second kappa shape index (κ2) is 4.53. The molecule has 2 N–H and O–H groups in total. The summed E-state index contributed by atoms with van der Waals surface area (Å²) in [5, 5.41) is 5.46. The van der Waals surface area contributed by atoms with Crippen molar-refractivity contribution in [2.45, 2.75) is 13.0 Å². The molecule has 84 valence electrons. The average molecular weight is 239 g/mol. The number of anilines is 1. The number of alkyl halides is 1. The van der Waals surface area contributed by atoms with Crippen LogP contribution in [0.1, 0.15) is 22.3 Å². The van der Waals surface area contributed by atoms with Crippen LogP contribution in [0.4, 0.5) is 5.69 Å². The Morgan fingerprint density at radius 2 is 2.31 bits per heavy atom. The zero-order valence-corrected chi connectivity index (χ0v) is 9.30. The highest BCUT2D eigenvalue weighted by Crippen LogP contribution is 2.24. The first kappa shape index (κ1) is 11.0. The number of rotatable bonds is 3. The minimum atomic E-state index is -0.136. The van der Waals surface area contributed by atoms with E-state index in [1.807, 2.05) is 0 Å². The molecule has 1 aromatic rings. The molecular formula is C11H11ClN2O2. The van der Waals surface area contributed by atoms with Crippen LogP contribution in [0, 0.1) is 0 Å². The number of hydrogen-bond donors (Lipinski definition) is 2. The van der Waals surface area contributed by atoms with E-state index < -0.39 is 0 Å². The molecule has 0 fully saturated rings. The second-order valence-electron chi connectivity index (χ2n) is 3.50. The van der Waals surface area contributed by atoms with E-state index in [1.54, 1.807) is 18.2 Å². The van der Waals surface area contributed by atoms with Crippen molar-refractivity contribution in [3.05, 3.63) is 29.3 Å². The molecule has 0 unspecified atom stereocenters. The van der Waals surface area contributed by atoms with E-state index in [0.29, 0.717) is 17.8 Å². The first-order valence-electron chi connectivity index (χ1n) is 4.98. The Bertz CT molecular complexity index is 446. The van der Waals surface area contributed by atoms with Crippen LogP contribution in [0.5, 0.6) is 0 Å². The Morgan fingerprint density at radius 3 is 3.06 bits per heavy atom. The average Bonchev–Trinajstić information content (AvgIpc) is 2.62. The van der Waals surface area contributed by atoms with Crippen molar-refractivity contribution < 1.29 is 9.59 Å². The second-order valence-corrected chi connectivity index (χ2v) is 3.88. The molecule has 0 radical (unpaired) electrons. The van der Waals surface area contributed by atoms with Crippen LogP contribution in [0.3, 0.4) is 0 Å². The maximum Gasteiger partial charge on any atom is 0.251 e. The lowest BCUT2D eigenvalue weighted by Crippen LogP contribution is -2.13. The Morgan fingerprint density at radius 1 is 1.50 bits per heavy atom. The number of carbonyl (C=O) groups is 2. The molecule has 1 aliphatic rings. The van der Waals surface area contributed by atoms with Crippen molar-refractivity contribution in [2.24, 2.45) is 0 Å². The Balaban J connectivity index is 2.23. The van der Waals surface area contributed by atoms with Crippen LogP contribution in [-0.2, 0) is 11.3 Å². The number of fused-ring (bicyclic) bond motifs is 1. The molecule has 0 atom stereocenters. The molecule has 2 amide bonds. The SMILES string of the molecule is O=C(CCCl)Nc1cccc2c1CNC2=O. The van der Waals surface area contributed by atoms with E-state index in [1.165, 1.54) is 0 Å². The third-order valence-corrected chi connectivity index (χ3v) is 2.63. The monoisotopic (exact) mass is 238 g/mol. The highest BCUT2D eigenvalue weighted by Gasteiger charge is 2.21. The molecule has 5 heteroatoms. The fourth-order valence-corrected chi connectivity index (χ4v) is 1.84. The van der Waals surface area contributed by atoms with Gasteiger partial charge in [0.05, 0.1) is 0 Å². The van der Waals surface area contributed by atoms with Gasteiger partial charge in [-0.1, -0.05) is 6.07 Å². The van der Waals surface area contributed by atoms with Gasteiger partial charge in [0.25, 0.3) is 5.91 Å². The fraction of sp³-hybridized carbons (Fsp3) is 0.273. The number of amides is 2. The maximum absolute atomic E-state index is 11.4. The van der Waals surface area contributed by atoms with Crippen LogP contribution in [-0.4, -0.2) is 17.7 Å². The van der Waals surface area contributed by atoms with Crippen molar-refractivity contribution >= 4 is 29.1 Å². The smallest absolute Gasteiger partial charge is 0.251 e. The van der Waals surface area contributed by atoms with Crippen molar-refractivity contribution in [2.75, 3.05) is 11.2 Å². The summed E-state index contributed by atoms with van der Waals surface area (Å²) in [6, 6.07) is 5.28. The molecule has 1 heterocycles. The van der Waals surface area contributed by atoms with Crippen molar-refractivity contribution in [1.82, 2.24) is 5.32 Å². The predicted octanol–water partition coefficient (Wildman–Crippen LogP) is 1.50. The van der Waals surface area contributed by atoms with Gasteiger partial charge in [-0.05, 0) is 12.1 Å². The van der Waals surface area contributed by atoms with Crippen molar-refractivity contribution in [3.8, 4) is 0 Å². The van der Waals surface area contributed by atoms with Gasteiger partial charge in [-0.3, -0.25) is 9.59 Å². The summed E-state index contributed by atoms with van der Waals surface area (Å²) in [7, 11) is 0. The maximum atomic E-state index is 11.4. The lowest BCUT2D eigenvalue weighted by molar-refractivity contribution is -0.115. The number of carbonyl (C=O) groups excluding carboxylic acids is 2. The molecular weight excluding hydrogens is 228 g/mol. The fourth-order valence-electron chi connectivity index (χ4n) is 1.67. The van der Waals surface area contributed by atoms with E-state index in [-0.39, 0.29) is 24.1 Å². The molecule has 2 rings (SSSR count). The van der Waals surface area contributed by atoms with Crippen LogP contribution in [0.25, 0.3) is 0 Å². The zero-order valence-electron chi connectivity index (χ0n) is 8.55. The Hall–Kier alpha value is -1.55. The van der Waals surface area contributed by atoms with Gasteiger partial charge in [0.15, 0.2) is 0 Å². The van der Waals surface area contributed by atoms with E-state index >= 15 is 0 Å². The molecule has 0 saturated carbocycles. The standard InChI is InChI=1S/C11H11ClN2O2/c12-5-4-10(15)14-9-3-1-2-7-8(9)6-13-11(7)16/h1-3H,4-6H2,(H,13,16)(H,14,15). The number of hydrogen-bond acceptors (Lipinski definition) is 2. The summed E-state index contributed by atoms with van der Waals surface area (Å²) < 4.78 is 0. The largest absolute Gasteiger partial charge is 0.348 e. The van der Waals surface area contributed by atoms with Crippen LogP contribution < -0.4 is 10.6 Å². The molecule has 4 nitrogen and oxygen atoms in total. The minimum absolute atomic E-state index is 0.0940. The number of halogens is 1. The molecule has 0 spiro atoms.